The number of aromatic nitrogens is 2. The van der Waals surface area contributed by atoms with E-state index in [1.165, 1.54) is 6.33 Å². The predicted molar refractivity (Wildman–Crippen MR) is 98.6 cm³/mol. The quantitative estimate of drug-likeness (QED) is 0.643. The lowest BCUT2D eigenvalue weighted by molar-refractivity contribution is 0.174. The van der Waals surface area contributed by atoms with Crippen molar-refractivity contribution >= 4 is 28.7 Å². The molecule has 0 saturated heterocycles. The fraction of sp³-hybridized carbons (Fsp3) is 0.111. The number of nitrogens with one attached hydrogen (secondary N) is 2. The van der Waals surface area contributed by atoms with Crippen molar-refractivity contribution in [1.29, 1.82) is 0 Å². The predicted octanol–water partition coefficient (Wildman–Crippen LogP) is 3.28. The summed E-state index contributed by atoms with van der Waals surface area (Å²) in [7, 11) is 1.61. The molecule has 0 unspecified atom stereocenters. The van der Waals surface area contributed by atoms with Gasteiger partial charge in [-0.3, -0.25) is 0 Å². The van der Waals surface area contributed by atoms with Gasteiger partial charge in [0.05, 0.1) is 12.8 Å². The maximum Gasteiger partial charge on any atom is 0.231 e. The largest absolute Gasteiger partial charge is 0.495 e. The number of hydrogen-bond acceptors (Lipinski definition) is 8. The van der Waals surface area contributed by atoms with Crippen molar-refractivity contribution in [2.45, 2.75) is 0 Å². The second kappa shape index (κ2) is 6.67. The highest BCUT2D eigenvalue weighted by molar-refractivity contribution is 5.81. The van der Waals surface area contributed by atoms with E-state index in [2.05, 4.69) is 20.6 Å². The molecule has 0 spiro atoms. The van der Waals surface area contributed by atoms with Crippen molar-refractivity contribution in [2.24, 2.45) is 0 Å². The van der Waals surface area contributed by atoms with Crippen molar-refractivity contribution in [3.63, 3.8) is 0 Å². The van der Waals surface area contributed by atoms with Crippen molar-refractivity contribution in [1.82, 2.24) is 9.97 Å². The molecule has 0 amide bonds. The number of para-hydroxylation sites is 2. The molecule has 0 aliphatic carbocycles. The number of nitrogens with two attached hydrogens (primary N) is 1. The van der Waals surface area contributed by atoms with E-state index >= 15 is 0 Å². The van der Waals surface area contributed by atoms with Crippen LogP contribution in [-0.2, 0) is 0 Å². The normalized spacial score (nSPS) is 11.9. The summed E-state index contributed by atoms with van der Waals surface area (Å²) in [6.45, 7) is 0.224. The van der Waals surface area contributed by atoms with E-state index in [1.54, 1.807) is 7.11 Å². The summed E-state index contributed by atoms with van der Waals surface area (Å²) in [5.41, 5.74) is 8.16. The van der Waals surface area contributed by atoms with Gasteiger partial charge in [0, 0.05) is 11.8 Å². The van der Waals surface area contributed by atoms with E-state index in [0.29, 0.717) is 34.6 Å². The number of fused-ring (bicyclic) bond motifs is 1. The number of anilines is 5. The Kier molecular flexibility index (Phi) is 4.06. The molecule has 0 saturated carbocycles. The summed E-state index contributed by atoms with van der Waals surface area (Å²) < 4.78 is 16.0. The summed E-state index contributed by atoms with van der Waals surface area (Å²) in [6, 6.07) is 13.0. The van der Waals surface area contributed by atoms with Crippen LogP contribution < -0.4 is 30.6 Å². The highest BCUT2D eigenvalue weighted by Crippen LogP contribution is 2.36. The maximum atomic E-state index is 6.24. The molecule has 4 N–H and O–H groups in total. The minimum atomic E-state index is 0.224. The van der Waals surface area contributed by atoms with Crippen molar-refractivity contribution in [3.8, 4) is 17.2 Å². The zero-order valence-electron chi connectivity index (χ0n) is 14.0. The second-order valence-corrected chi connectivity index (χ2v) is 5.50. The molecular formula is C18H17N5O3. The molecule has 8 nitrogen and oxygen atoms in total. The lowest BCUT2D eigenvalue weighted by atomic mass is 10.2. The van der Waals surface area contributed by atoms with Crippen LogP contribution in [0.3, 0.4) is 0 Å². The monoisotopic (exact) mass is 351 g/mol. The molecule has 0 atom stereocenters. The molecule has 0 radical (unpaired) electrons. The molecule has 4 rings (SSSR count). The van der Waals surface area contributed by atoms with Crippen molar-refractivity contribution < 1.29 is 14.2 Å². The van der Waals surface area contributed by atoms with Crippen molar-refractivity contribution in [2.75, 3.05) is 30.3 Å². The molecule has 26 heavy (non-hydrogen) atoms. The first-order valence-electron chi connectivity index (χ1n) is 7.92. The Hall–Kier alpha value is -3.68. The lowest BCUT2D eigenvalue weighted by Crippen LogP contribution is -2.05. The third-order valence-electron chi connectivity index (χ3n) is 3.88. The van der Waals surface area contributed by atoms with E-state index < -0.39 is 0 Å². The van der Waals surface area contributed by atoms with Gasteiger partial charge in [0.1, 0.15) is 17.8 Å². The van der Waals surface area contributed by atoms with Gasteiger partial charge in [-0.1, -0.05) is 12.1 Å². The number of rotatable bonds is 5. The Morgan fingerprint density at radius 2 is 1.77 bits per heavy atom. The molecule has 0 bridgehead atoms. The van der Waals surface area contributed by atoms with Crippen LogP contribution in [0.25, 0.3) is 0 Å². The van der Waals surface area contributed by atoms with E-state index in [1.807, 2.05) is 42.5 Å². The summed E-state index contributed by atoms with van der Waals surface area (Å²) in [6.07, 6.45) is 1.43. The molecule has 1 aliphatic rings. The van der Waals surface area contributed by atoms with Crippen molar-refractivity contribution in [3.05, 3.63) is 48.8 Å². The molecule has 132 valence electrons. The minimum Gasteiger partial charge on any atom is -0.495 e. The number of nitrogen functional groups attached to an aromatic ring is 1. The zero-order chi connectivity index (χ0) is 17.9. The van der Waals surface area contributed by atoms with Gasteiger partial charge in [0.15, 0.2) is 23.1 Å². The Morgan fingerprint density at radius 3 is 2.62 bits per heavy atom. The molecule has 8 heteroatoms. The fourth-order valence-corrected chi connectivity index (χ4v) is 2.58. The van der Waals surface area contributed by atoms with Gasteiger partial charge in [-0.15, -0.1) is 0 Å². The fourth-order valence-electron chi connectivity index (χ4n) is 2.58. The van der Waals surface area contributed by atoms with Gasteiger partial charge in [-0.2, -0.15) is 0 Å². The number of benzene rings is 2. The molecule has 1 aliphatic heterocycles. The Bertz CT molecular complexity index is 948. The highest BCUT2D eigenvalue weighted by atomic mass is 16.7. The van der Waals surface area contributed by atoms with Crippen LogP contribution in [0.5, 0.6) is 17.2 Å². The molecule has 0 fully saturated rings. The topological polar surface area (TPSA) is 104 Å². The smallest absolute Gasteiger partial charge is 0.231 e. The number of nitrogens with zero attached hydrogens (tertiary/aromatic N) is 2. The first kappa shape index (κ1) is 15.8. The third kappa shape index (κ3) is 3.00. The van der Waals surface area contributed by atoms with Gasteiger partial charge in [-0.05, 0) is 24.3 Å². The van der Waals surface area contributed by atoms with Gasteiger partial charge in [0.25, 0.3) is 0 Å². The molecule has 2 heterocycles. The Labute approximate surface area is 149 Å². The second-order valence-electron chi connectivity index (χ2n) is 5.50. The van der Waals surface area contributed by atoms with Crippen LogP contribution in [0.4, 0.5) is 28.7 Å². The van der Waals surface area contributed by atoms with Crippen LogP contribution in [-0.4, -0.2) is 23.9 Å². The highest BCUT2D eigenvalue weighted by Gasteiger charge is 2.15. The molecule has 3 aromatic rings. The number of hydrogen-bond donors (Lipinski definition) is 3. The van der Waals surface area contributed by atoms with E-state index in [9.17, 15) is 0 Å². The van der Waals surface area contributed by atoms with Crippen LogP contribution in [0.15, 0.2) is 48.8 Å². The minimum absolute atomic E-state index is 0.224. The van der Waals surface area contributed by atoms with Crippen LogP contribution in [0, 0.1) is 0 Å². The average Bonchev–Trinajstić information content (AvgIpc) is 3.13. The van der Waals surface area contributed by atoms with Gasteiger partial charge in [0.2, 0.25) is 6.79 Å². The maximum absolute atomic E-state index is 6.24. The van der Waals surface area contributed by atoms with Gasteiger partial charge >= 0.3 is 0 Å². The van der Waals surface area contributed by atoms with Crippen LogP contribution >= 0.6 is 0 Å². The average molecular weight is 351 g/mol. The summed E-state index contributed by atoms with van der Waals surface area (Å²) in [5.74, 6) is 3.04. The van der Waals surface area contributed by atoms with Crippen LogP contribution in [0.1, 0.15) is 0 Å². The molecular weight excluding hydrogens is 334 g/mol. The van der Waals surface area contributed by atoms with Gasteiger partial charge < -0.3 is 30.6 Å². The number of ether oxygens (including phenoxy) is 3. The first-order valence-corrected chi connectivity index (χ1v) is 7.92. The SMILES string of the molecule is COc1ccccc1Nc1ncnc(Nc2ccc3c(c2)OCO3)c1N. The van der Waals surface area contributed by atoms with E-state index in [0.717, 1.165) is 11.4 Å². The molecule has 2 aromatic carbocycles. The number of methoxy groups -OCH3 is 1. The molecule has 1 aromatic heterocycles. The lowest BCUT2D eigenvalue weighted by Gasteiger charge is -2.14. The summed E-state index contributed by atoms with van der Waals surface area (Å²) >= 11 is 0. The third-order valence-corrected chi connectivity index (χ3v) is 3.88. The first-order chi connectivity index (χ1) is 12.7. The van der Waals surface area contributed by atoms with Gasteiger partial charge in [-0.25, -0.2) is 9.97 Å². The summed E-state index contributed by atoms with van der Waals surface area (Å²) in [5, 5.41) is 6.35. The zero-order valence-corrected chi connectivity index (χ0v) is 14.0. The summed E-state index contributed by atoms with van der Waals surface area (Å²) in [4.78, 5) is 8.44. The standard InChI is InChI=1S/C18H17N5O3/c1-24-13-5-3-2-4-12(13)23-18-16(19)17(20-9-21-18)22-11-6-7-14-15(8-11)26-10-25-14/h2-9H,10,19H2,1H3,(H2,20,21,22,23). The van der Waals surface area contributed by atoms with E-state index in [4.69, 9.17) is 19.9 Å². The Morgan fingerprint density at radius 1 is 1.00 bits per heavy atom. The van der Waals surface area contributed by atoms with E-state index in [-0.39, 0.29) is 6.79 Å². The van der Waals surface area contributed by atoms with Crippen LogP contribution in [0.2, 0.25) is 0 Å². The Balaban J connectivity index is 1.59.